The molecule has 0 aromatic heterocycles. The van der Waals surface area contributed by atoms with Crippen LogP contribution in [0.3, 0.4) is 0 Å². The van der Waals surface area contributed by atoms with Gasteiger partial charge in [0.1, 0.15) is 5.75 Å². The van der Waals surface area contributed by atoms with Crippen molar-refractivity contribution in [2.45, 2.75) is 12.5 Å². The summed E-state index contributed by atoms with van der Waals surface area (Å²) in [5.74, 6) is 0.513. The average Bonchev–Trinajstić information content (AvgIpc) is 3.29. The molecule has 1 heterocycles. The SMILES string of the molecule is COc1ccc(C2CC(c3ccccc3)=NN2C(=O)CON=Cc2ccccc2)cc1. The van der Waals surface area contributed by atoms with Gasteiger partial charge in [0.2, 0.25) is 0 Å². The van der Waals surface area contributed by atoms with E-state index in [4.69, 9.17) is 9.57 Å². The lowest BCUT2D eigenvalue weighted by atomic mass is 9.98. The second-order valence-corrected chi connectivity index (χ2v) is 7.06. The first-order valence-electron chi connectivity index (χ1n) is 10.0. The number of hydrogen-bond acceptors (Lipinski definition) is 5. The van der Waals surface area contributed by atoms with Gasteiger partial charge in [-0.25, -0.2) is 5.01 Å². The van der Waals surface area contributed by atoms with E-state index < -0.39 is 0 Å². The fourth-order valence-electron chi connectivity index (χ4n) is 3.43. The van der Waals surface area contributed by atoms with Gasteiger partial charge in [0.25, 0.3) is 5.91 Å². The summed E-state index contributed by atoms with van der Waals surface area (Å²) in [6, 6.07) is 26.9. The van der Waals surface area contributed by atoms with Crippen molar-refractivity contribution in [3.05, 3.63) is 102 Å². The number of rotatable bonds is 7. The van der Waals surface area contributed by atoms with E-state index in [0.717, 1.165) is 28.2 Å². The Kier molecular flexibility index (Phi) is 6.38. The Bertz CT molecular complexity index is 1060. The van der Waals surface area contributed by atoms with Crippen molar-refractivity contribution in [1.29, 1.82) is 0 Å². The number of carbonyl (C=O) groups is 1. The molecule has 31 heavy (non-hydrogen) atoms. The first-order chi connectivity index (χ1) is 15.2. The Balaban J connectivity index is 1.50. The van der Waals surface area contributed by atoms with Crippen molar-refractivity contribution in [1.82, 2.24) is 5.01 Å². The number of amides is 1. The van der Waals surface area contributed by atoms with Gasteiger partial charge >= 0.3 is 0 Å². The largest absolute Gasteiger partial charge is 0.497 e. The highest BCUT2D eigenvalue weighted by atomic mass is 16.6. The zero-order valence-corrected chi connectivity index (χ0v) is 17.2. The normalized spacial score (nSPS) is 15.7. The minimum absolute atomic E-state index is 0.193. The van der Waals surface area contributed by atoms with Gasteiger partial charge in [0, 0.05) is 6.42 Å². The monoisotopic (exact) mass is 413 g/mol. The van der Waals surface area contributed by atoms with E-state index >= 15 is 0 Å². The van der Waals surface area contributed by atoms with Gasteiger partial charge in [-0.3, -0.25) is 4.79 Å². The number of methoxy groups -OCH3 is 1. The minimum Gasteiger partial charge on any atom is -0.497 e. The van der Waals surface area contributed by atoms with E-state index in [1.807, 2.05) is 84.9 Å². The predicted octanol–water partition coefficient (Wildman–Crippen LogP) is 4.42. The first-order valence-corrected chi connectivity index (χ1v) is 10.0. The van der Waals surface area contributed by atoms with E-state index in [2.05, 4.69) is 10.3 Å². The van der Waals surface area contributed by atoms with Crippen LogP contribution in [0.5, 0.6) is 5.75 Å². The van der Waals surface area contributed by atoms with Gasteiger partial charge in [-0.1, -0.05) is 78.0 Å². The minimum atomic E-state index is -0.253. The Labute approximate surface area is 181 Å². The Morgan fingerprint density at radius 3 is 2.39 bits per heavy atom. The molecule has 0 saturated carbocycles. The Morgan fingerprint density at radius 1 is 1.03 bits per heavy atom. The number of hydrogen-bond donors (Lipinski definition) is 0. The van der Waals surface area contributed by atoms with E-state index in [9.17, 15) is 4.79 Å². The molecule has 156 valence electrons. The van der Waals surface area contributed by atoms with Crippen molar-refractivity contribution in [2.24, 2.45) is 10.3 Å². The fourth-order valence-corrected chi connectivity index (χ4v) is 3.43. The lowest BCUT2D eigenvalue weighted by molar-refractivity contribution is -0.137. The van der Waals surface area contributed by atoms with Crippen LogP contribution in [0.2, 0.25) is 0 Å². The molecule has 1 amide bonds. The van der Waals surface area contributed by atoms with E-state index in [-0.39, 0.29) is 18.6 Å². The molecule has 0 bridgehead atoms. The summed E-state index contributed by atoms with van der Waals surface area (Å²) in [6.07, 6.45) is 2.20. The summed E-state index contributed by atoms with van der Waals surface area (Å²) in [6.45, 7) is -0.193. The van der Waals surface area contributed by atoms with Gasteiger partial charge < -0.3 is 9.57 Å². The standard InChI is InChI=1S/C25H23N3O3/c1-30-22-14-12-21(13-15-22)24-16-23(20-10-6-3-7-11-20)27-28(24)25(29)18-31-26-17-19-8-4-2-5-9-19/h2-15,17,24H,16,18H2,1H3. The van der Waals surface area contributed by atoms with Crippen molar-refractivity contribution in [3.8, 4) is 5.75 Å². The third-order valence-corrected chi connectivity index (χ3v) is 5.04. The molecule has 3 aromatic carbocycles. The smallest absolute Gasteiger partial charge is 0.283 e. The van der Waals surface area contributed by atoms with Crippen molar-refractivity contribution < 1.29 is 14.4 Å². The molecule has 0 saturated heterocycles. The fraction of sp³-hybridized carbons (Fsp3) is 0.160. The summed E-state index contributed by atoms with van der Waals surface area (Å²) >= 11 is 0. The maximum absolute atomic E-state index is 12.9. The van der Waals surface area contributed by atoms with Crippen LogP contribution in [0.15, 0.2) is 95.2 Å². The zero-order valence-electron chi connectivity index (χ0n) is 17.2. The highest BCUT2D eigenvalue weighted by Crippen LogP contribution is 2.33. The number of benzene rings is 3. The lowest BCUT2D eigenvalue weighted by Gasteiger charge is -2.21. The maximum Gasteiger partial charge on any atom is 0.283 e. The van der Waals surface area contributed by atoms with Crippen LogP contribution in [-0.2, 0) is 9.63 Å². The number of oxime groups is 1. The topological polar surface area (TPSA) is 63.5 Å². The van der Waals surface area contributed by atoms with Gasteiger partial charge in [0.15, 0.2) is 6.61 Å². The predicted molar refractivity (Wildman–Crippen MR) is 120 cm³/mol. The molecular weight excluding hydrogens is 390 g/mol. The van der Waals surface area contributed by atoms with Crippen LogP contribution < -0.4 is 4.74 Å². The van der Waals surface area contributed by atoms with Crippen LogP contribution in [0.25, 0.3) is 0 Å². The van der Waals surface area contributed by atoms with E-state index in [1.54, 1.807) is 13.3 Å². The summed E-state index contributed by atoms with van der Waals surface area (Å²) < 4.78 is 5.25. The van der Waals surface area contributed by atoms with Gasteiger partial charge in [0.05, 0.1) is 25.1 Å². The van der Waals surface area contributed by atoms with Crippen molar-refractivity contribution in [3.63, 3.8) is 0 Å². The number of nitrogens with zero attached hydrogens (tertiary/aromatic N) is 3. The van der Waals surface area contributed by atoms with E-state index in [0.29, 0.717) is 6.42 Å². The molecule has 1 atom stereocenters. The molecule has 0 radical (unpaired) electrons. The second kappa shape index (κ2) is 9.71. The first kappa shape index (κ1) is 20.3. The number of carbonyl (C=O) groups excluding carboxylic acids is 1. The molecule has 0 fully saturated rings. The lowest BCUT2D eigenvalue weighted by Crippen LogP contribution is -2.30. The van der Waals surface area contributed by atoms with E-state index in [1.165, 1.54) is 5.01 Å². The third-order valence-electron chi connectivity index (χ3n) is 5.04. The molecule has 6 heteroatoms. The Morgan fingerprint density at radius 2 is 1.71 bits per heavy atom. The molecule has 1 aliphatic rings. The molecule has 0 N–H and O–H groups in total. The second-order valence-electron chi connectivity index (χ2n) is 7.06. The van der Waals surface area contributed by atoms with Crippen molar-refractivity contribution in [2.75, 3.05) is 13.7 Å². The summed E-state index contributed by atoms with van der Waals surface area (Å²) in [5.41, 5.74) is 3.75. The molecule has 0 spiro atoms. The summed E-state index contributed by atoms with van der Waals surface area (Å²) in [5, 5.41) is 10.0. The maximum atomic E-state index is 12.9. The van der Waals surface area contributed by atoms with Crippen LogP contribution in [-0.4, -0.2) is 36.6 Å². The van der Waals surface area contributed by atoms with Gasteiger partial charge in [-0.05, 0) is 28.8 Å². The van der Waals surface area contributed by atoms with Crippen LogP contribution >= 0.6 is 0 Å². The van der Waals surface area contributed by atoms with Crippen LogP contribution in [0.4, 0.5) is 0 Å². The summed E-state index contributed by atoms with van der Waals surface area (Å²) in [4.78, 5) is 18.2. The zero-order chi connectivity index (χ0) is 21.5. The van der Waals surface area contributed by atoms with Crippen molar-refractivity contribution >= 4 is 17.8 Å². The average molecular weight is 413 g/mol. The molecule has 4 rings (SSSR count). The molecule has 1 aliphatic heterocycles. The number of hydrazone groups is 1. The highest BCUT2D eigenvalue weighted by molar-refractivity contribution is 6.03. The highest BCUT2D eigenvalue weighted by Gasteiger charge is 2.33. The van der Waals surface area contributed by atoms with Gasteiger partial charge in [-0.15, -0.1) is 0 Å². The molecular formula is C25H23N3O3. The molecule has 6 nitrogen and oxygen atoms in total. The summed E-state index contributed by atoms with van der Waals surface area (Å²) in [7, 11) is 1.63. The molecule has 3 aromatic rings. The van der Waals surface area contributed by atoms with Crippen LogP contribution in [0.1, 0.15) is 29.2 Å². The molecule has 1 unspecified atom stereocenters. The van der Waals surface area contributed by atoms with Gasteiger partial charge in [-0.2, -0.15) is 5.10 Å². The quantitative estimate of drug-likeness (QED) is 0.425. The number of ether oxygens (including phenoxy) is 1. The third kappa shape index (κ3) is 4.98. The Hall–Kier alpha value is -3.93. The molecule has 0 aliphatic carbocycles. The van der Waals surface area contributed by atoms with Crippen LogP contribution in [0, 0.1) is 0 Å².